The van der Waals surface area contributed by atoms with E-state index >= 15 is 0 Å². The zero-order valence-electron chi connectivity index (χ0n) is 12.9. The Bertz CT molecular complexity index is 661. The van der Waals surface area contributed by atoms with Gasteiger partial charge in [-0.3, -0.25) is 9.78 Å². The second-order valence-electron chi connectivity index (χ2n) is 5.28. The van der Waals surface area contributed by atoms with Gasteiger partial charge in [-0.1, -0.05) is 6.07 Å². The van der Waals surface area contributed by atoms with E-state index in [1.807, 2.05) is 31.2 Å². The van der Waals surface area contributed by atoms with E-state index in [1.165, 1.54) is 0 Å². The molecule has 1 aromatic carbocycles. The molecule has 1 aliphatic rings. The first-order valence-electron chi connectivity index (χ1n) is 7.20. The van der Waals surface area contributed by atoms with E-state index in [1.54, 1.807) is 6.20 Å². The number of fused-ring (bicyclic) bond motifs is 1. The average Bonchev–Trinajstić information content (AvgIpc) is 2.51. The number of ether oxygens (including phenoxy) is 1. The number of carbonyl (C=O) groups excluding carboxylic acids is 1. The Morgan fingerprint density at radius 1 is 1.39 bits per heavy atom. The van der Waals surface area contributed by atoms with Crippen molar-refractivity contribution in [1.29, 1.82) is 0 Å². The quantitative estimate of drug-likeness (QED) is 0.886. The molecule has 3 rings (SSSR count). The van der Waals surface area contributed by atoms with Crippen LogP contribution in [0.3, 0.4) is 0 Å². The number of amides is 1. The van der Waals surface area contributed by atoms with Crippen LogP contribution in [0.2, 0.25) is 0 Å². The molecule has 1 aliphatic heterocycles. The van der Waals surface area contributed by atoms with E-state index in [0.717, 1.165) is 35.2 Å². The van der Waals surface area contributed by atoms with Crippen LogP contribution in [-0.4, -0.2) is 36.7 Å². The van der Waals surface area contributed by atoms with Crippen molar-refractivity contribution in [2.24, 2.45) is 0 Å². The Morgan fingerprint density at radius 3 is 2.96 bits per heavy atom. The van der Waals surface area contributed by atoms with E-state index in [9.17, 15) is 4.79 Å². The maximum absolute atomic E-state index is 12.2. The molecule has 0 saturated carbocycles. The molecule has 2 heterocycles. The van der Waals surface area contributed by atoms with Crippen molar-refractivity contribution in [3.8, 4) is 0 Å². The number of halogens is 2. The minimum atomic E-state index is -0.0476. The maximum Gasteiger partial charge on any atom is 0.227 e. The van der Waals surface area contributed by atoms with Crippen molar-refractivity contribution >= 4 is 47.3 Å². The summed E-state index contributed by atoms with van der Waals surface area (Å²) in [6, 6.07) is 7.76. The Hall–Kier alpha value is -1.40. The number of hydrogen-bond donors (Lipinski definition) is 2. The van der Waals surface area contributed by atoms with Crippen LogP contribution < -0.4 is 10.6 Å². The fourth-order valence-corrected chi connectivity index (χ4v) is 2.58. The molecule has 0 aliphatic carbocycles. The summed E-state index contributed by atoms with van der Waals surface area (Å²) >= 11 is 0. The lowest BCUT2D eigenvalue weighted by molar-refractivity contribution is -0.119. The summed E-state index contributed by atoms with van der Waals surface area (Å²) in [6.07, 6.45) is 2.08. The zero-order valence-corrected chi connectivity index (χ0v) is 14.5. The molecule has 1 amide bonds. The Labute approximate surface area is 148 Å². The number of nitrogens with one attached hydrogen (secondary N) is 2. The average molecular weight is 358 g/mol. The first-order valence-corrected chi connectivity index (χ1v) is 7.20. The maximum atomic E-state index is 12.2. The lowest BCUT2D eigenvalue weighted by Gasteiger charge is -2.23. The first kappa shape index (κ1) is 19.6. The van der Waals surface area contributed by atoms with Gasteiger partial charge in [-0.15, -0.1) is 24.8 Å². The number of anilines is 1. The van der Waals surface area contributed by atoms with Gasteiger partial charge >= 0.3 is 0 Å². The Balaban J connectivity index is 0.00000132. The van der Waals surface area contributed by atoms with Gasteiger partial charge in [0.2, 0.25) is 5.91 Å². The highest BCUT2D eigenvalue weighted by molar-refractivity contribution is 6.01. The SMILES string of the molecule is Cc1ccc(NC(=O)CC2CNCCO2)c2cccnc12.Cl.Cl. The number of pyridine rings is 1. The monoisotopic (exact) mass is 357 g/mol. The number of rotatable bonds is 3. The summed E-state index contributed by atoms with van der Waals surface area (Å²) in [5.74, 6) is -0.0299. The third-order valence-electron chi connectivity index (χ3n) is 3.66. The number of benzene rings is 1. The minimum absolute atomic E-state index is 0. The van der Waals surface area contributed by atoms with Crippen LogP contribution in [0.5, 0.6) is 0 Å². The van der Waals surface area contributed by atoms with Crippen molar-refractivity contribution < 1.29 is 9.53 Å². The highest BCUT2D eigenvalue weighted by Crippen LogP contribution is 2.24. The fourth-order valence-electron chi connectivity index (χ4n) is 2.58. The van der Waals surface area contributed by atoms with Crippen LogP contribution in [0, 0.1) is 6.92 Å². The van der Waals surface area contributed by atoms with Crippen molar-refractivity contribution in [3.63, 3.8) is 0 Å². The Kier molecular flexibility index (Phi) is 7.72. The topological polar surface area (TPSA) is 63.2 Å². The van der Waals surface area contributed by atoms with Gasteiger partial charge in [-0.25, -0.2) is 0 Å². The molecule has 2 aromatic rings. The molecule has 23 heavy (non-hydrogen) atoms. The molecule has 5 nitrogen and oxygen atoms in total. The molecule has 7 heteroatoms. The number of aromatic nitrogens is 1. The second kappa shape index (κ2) is 9.03. The highest BCUT2D eigenvalue weighted by Gasteiger charge is 2.18. The fraction of sp³-hybridized carbons (Fsp3) is 0.375. The molecule has 0 spiro atoms. The molecule has 1 unspecified atom stereocenters. The molecule has 1 aromatic heterocycles. The van der Waals surface area contributed by atoms with Crippen molar-refractivity contribution in [1.82, 2.24) is 10.3 Å². The largest absolute Gasteiger partial charge is 0.375 e. The van der Waals surface area contributed by atoms with E-state index in [0.29, 0.717) is 13.0 Å². The lowest BCUT2D eigenvalue weighted by Crippen LogP contribution is -2.40. The van der Waals surface area contributed by atoms with E-state index < -0.39 is 0 Å². The predicted molar refractivity (Wildman–Crippen MR) is 96.8 cm³/mol. The summed E-state index contributed by atoms with van der Waals surface area (Å²) in [6.45, 7) is 4.26. The molecule has 0 bridgehead atoms. The molecule has 2 N–H and O–H groups in total. The van der Waals surface area contributed by atoms with E-state index in [2.05, 4.69) is 15.6 Å². The summed E-state index contributed by atoms with van der Waals surface area (Å²) in [4.78, 5) is 16.5. The number of nitrogens with zero attached hydrogens (tertiary/aromatic N) is 1. The number of aryl methyl sites for hydroxylation is 1. The number of carbonyl (C=O) groups is 1. The summed E-state index contributed by atoms with van der Waals surface area (Å²) in [5.41, 5.74) is 2.83. The summed E-state index contributed by atoms with van der Waals surface area (Å²) in [7, 11) is 0. The first-order chi connectivity index (χ1) is 10.2. The Morgan fingerprint density at radius 2 is 2.22 bits per heavy atom. The van der Waals surface area contributed by atoms with Crippen LogP contribution in [0.15, 0.2) is 30.5 Å². The highest BCUT2D eigenvalue weighted by atomic mass is 35.5. The molecule has 1 atom stereocenters. The standard InChI is InChI=1S/C16H19N3O2.2ClH/c1-11-4-5-14(13-3-2-6-18-16(11)13)19-15(20)9-12-10-17-7-8-21-12;;/h2-6,12,17H,7-10H2,1H3,(H,19,20);2*1H. The van der Waals surface area contributed by atoms with Crippen LogP contribution in [0.25, 0.3) is 10.9 Å². The van der Waals surface area contributed by atoms with Crippen LogP contribution in [0.4, 0.5) is 5.69 Å². The van der Waals surface area contributed by atoms with Gasteiger partial charge in [0, 0.05) is 24.7 Å². The molecular weight excluding hydrogens is 337 g/mol. The van der Waals surface area contributed by atoms with Crippen LogP contribution in [-0.2, 0) is 9.53 Å². The zero-order chi connectivity index (χ0) is 14.7. The number of hydrogen-bond acceptors (Lipinski definition) is 4. The van der Waals surface area contributed by atoms with Gasteiger partial charge in [0.25, 0.3) is 0 Å². The van der Waals surface area contributed by atoms with Crippen LogP contribution in [0.1, 0.15) is 12.0 Å². The second-order valence-corrected chi connectivity index (χ2v) is 5.28. The van der Waals surface area contributed by atoms with Gasteiger partial charge < -0.3 is 15.4 Å². The molecule has 0 radical (unpaired) electrons. The lowest BCUT2D eigenvalue weighted by atomic mass is 10.1. The van der Waals surface area contributed by atoms with Crippen molar-refractivity contribution in [3.05, 3.63) is 36.0 Å². The molecule has 1 fully saturated rings. The van der Waals surface area contributed by atoms with Crippen LogP contribution >= 0.6 is 24.8 Å². The summed E-state index contributed by atoms with van der Waals surface area (Å²) < 4.78 is 5.56. The van der Waals surface area contributed by atoms with Gasteiger partial charge in [-0.05, 0) is 30.7 Å². The van der Waals surface area contributed by atoms with Gasteiger partial charge in [0.15, 0.2) is 0 Å². The van der Waals surface area contributed by atoms with E-state index in [-0.39, 0.29) is 36.8 Å². The van der Waals surface area contributed by atoms with Gasteiger partial charge in [-0.2, -0.15) is 0 Å². The molecular formula is C16H21Cl2N3O2. The van der Waals surface area contributed by atoms with Crippen molar-refractivity contribution in [2.75, 3.05) is 25.0 Å². The van der Waals surface area contributed by atoms with Gasteiger partial charge in [0.05, 0.1) is 30.3 Å². The third kappa shape index (κ3) is 4.78. The molecule has 1 saturated heterocycles. The van der Waals surface area contributed by atoms with Crippen molar-refractivity contribution in [2.45, 2.75) is 19.4 Å². The minimum Gasteiger partial charge on any atom is -0.375 e. The van der Waals surface area contributed by atoms with E-state index in [4.69, 9.17) is 4.74 Å². The van der Waals surface area contributed by atoms with Gasteiger partial charge in [0.1, 0.15) is 0 Å². The predicted octanol–water partition coefficient (Wildman–Crippen LogP) is 2.70. The number of morpholine rings is 1. The normalized spacial score (nSPS) is 17.0. The smallest absolute Gasteiger partial charge is 0.227 e. The third-order valence-corrected chi connectivity index (χ3v) is 3.66. The summed E-state index contributed by atoms with van der Waals surface area (Å²) in [5, 5.41) is 7.17. The molecule has 126 valence electrons.